The molecule has 0 aliphatic carbocycles. The Bertz CT molecular complexity index is 454. The van der Waals surface area contributed by atoms with Crippen LogP contribution in [0.1, 0.15) is 31.9 Å². The van der Waals surface area contributed by atoms with Crippen LogP contribution in [0.5, 0.6) is 0 Å². The molecule has 1 aromatic carbocycles. The summed E-state index contributed by atoms with van der Waals surface area (Å²) in [5.74, 6) is -0.682. The molecule has 1 aromatic rings. The van der Waals surface area contributed by atoms with E-state index in [4.69, 9.17) is 4.74 Å². The third kappa shape index (κ3) is 2.78. The molecular weight excluding hydrogens is 242 g/mol. The Hall–Kier alpha value is -1.84. The van der Waals surface area contributed by atoms with Gasteiger partial charge in [-0.25, -0.2) is 0 Å². The molecule has 1 heterocycles. The highest BCUT2D eigenvalue weighted by Gasteiger charge is 2.41. The second-order valence-corrected chi connectivity index (χ2v) is 4.64. The lowest BCUT2D eigenvalue weighted by Gasteiger charge is -2.24. The van der Waals surface area contributed by atoms with Crippen molar-refractivity contribution in [2.45, 2.75) is 26.4 Å². The number of rotatable bonds is 4. The van der Waals surface area contributed by atoms with Crippen molar-refractivity contribution in [2.75, 3.05) is 13.1 Å². The van der Waals surface area contributed by atoms with Crippen molar-refractivity contribution in [1.29, 1.82) is 0 Å². The summed E-state index contributed by atoms with van der Waals surface area (Å²) in [4.78, 5) is 25.7. The maximum absolute atomic E-state index is 12.4. The van der Waals surface area contributed by atoms with Gasteiger partial charge in [-0.2, -0.15) is 0 Å². The highest BCUT2D eigenvalue weighted by atomic mass is 16.6. The van der Waals surface area contributed by atoms with Crippen molar-refractivity contribution < 1.29 is 14.3 Å². The largest absolute Gasteiger partial charge is 0.457 e. The summed E-state index contributed by atoms with van der Waals surface area (Å²) in [5, 5.41) is 0. The van der Waals surface area contributed by atoms with E-state index in [1.54, 1.807) is 4.90 Å². The quantitative estimate of drug-likeness (QED) is 0.780. The van der Waals surface area contributed by atoms with Crippen LogP contribution in [0.2, 0.25) is 0 Å². The first-order chi connectivity index (χ1) is 9.17. The van der Waals surface area contributed by atoms with Crippen molar-refractivity contribution in [3.63, 3.8) is 0 Å². The third-order valence-corrected chi connectivity index (χ3v) is 3.53. The Balaban J connectivity index is 2.23. The highest BCUT2D eigenvalue weighted by Crippen LogP contribution is 2.36. The van der Waals surface area contributed by atoms with Crippen molar-refractivity contribution >= 4 is 11.9 Å². The van der Waals surface area contributed by atoms with Crippen LogP contribution < -0.4 is 0 Å². The van der Waals surface area contributed by atoms with E-state index in [1.807, 2.05) is 44.2 Å². The Morgan fingerprint density at radius 2 is 1.89 bits per heavy atom. The van der Waals surface area contributed by atoms with E-state index in [-0.39, 0.29) is 18.3 Å². The van der Waals surface area contributed by atoms with Crippen molar-refractivity contribution in [3.05, 3.63) is 35.9 Å². The molecule has 1 saturated heterocycles. The van der Waals surface area contributed by atoms with Crippen LogP contribution in [0, 0.1) is 5.92 Å². The fraction of sp³-hybridized carbons (Fsp3) is 0.467. The number of nitrogens with zero attached hydrogens (tertiary/aromatic N) is 1. The number of hydrogen-bond donors (Lipinski definition) is 0. The van der Waals surface area contributed by atoms with E-state index in [0.717, 1.165) is 5.56 Å². The van der Waals surface area contributed by atoms with Crippen LogP contribution in [0.4, 0.5) is 0 Å². The summed E-state index contributed by atoms with van der Waals surface area (Å²) in [5.41, 5.74) is 0.888. The van der Waals surface area contributed by atoms with Crippen LogP contribution in [0.3, 0.4) is 0 Å². The topological polar surface area (TPSA) is 46.6 Å². The van der Waals surface area contributed by atoms with E-state index < -0.39 is 12.0 Å². The zero-order valence-corrected chi connectivity index (χ0v) is 11.3. The average Bonchev–Trinajstić information content (AvgIpc) is 2.83. The number of carbonyl (C=O) groups excluding carboxylic acids is 2. The predicted molar refractivity (Wildman–Crippen MR) is 71.3 cm³/mol. The first-order valence-corrected chi connectivity index (χ1v) is 6.70. The van der Waals surface area contributed by atoms with Gasteiger partial charge in [0.25, 0.3) is 0 Å². The zero-order valence-electron chi connectivity index (χ0n) is 11.3. The van der Waals surface area contributed by atoms with Crippen LogP contribution in [-0.2, 0) is 14.3 Å². The number of benzene rings is 1. The first kappa shape index (κ1) is 13.6. The predicted octanol–water partition coefficient (Wildman–Crippen LogP) is 2.16. The summed E-state index contributed by atoms with van der Waals surface area (Å²) in [6.45, 7) is 5.19. The van der Waals surface area contributed by atoms with E-state index in [1.165, 1.54) is 0 Å². The molecule has 0 unspecified atom stereocenters. The van der Waals surface area contributed by atoms with Gasteiger partial charge in [0, 0.05) is 13.1 Å². The fourth-order valence-electron chi connectivity index (χ4n) is 2.49. The fourth-order valence-corrected chi connectivity index (χ4v) is 2.49. The van der Waals surface area contributed by atoms with Gasteiger partial charge in [0.2, 0.25) is 5.91 Å². The number of carbonyl (C=O) groups is 2. The Morgan fingerprint density at radius 3 is 2.47 bits per heavy atom. The summed E-state index contributed by atoms with van der Waals surface area (Å²) < 4.78 is 5.33. The lowest BCUT2D eigenvalue weighted by molar-refractivity contribution is -0.142. The number of ether oxygens (including phenoxy) is 1. The van der Waals surface area contributed by atoms with Gasteiger partial charge in [-0.3, -0.25) is 9.59 Å². The van der Waals surface area contributed by atoms with E-state index >= 15 is 0 Å². The Morgan fingerprint density at radius 1 is 1.26 bits per heavy atom. The molecule has 102 valence electrons. The van der Waals surface area contributed by atoms with E-state index in [0.29, 0.717) is 13.1 Å². The SMILES string of the molecule is CCN(CC)C(=O)[C@H]1CC(=O)O[C@H]1c1ccccc1. The van der Waals surface area contributed by atoms with Gasteiger partial charge in [0.15, 0.2) is 0 Å². The minimum absolute atomic E-state index is 0.00435. The molecule has 0 spiro atoms. The molecule has 4 heteroatoms. The second kappa shape index (κ2) is 5.87. The molecule has 19 heavy (non-hydrogen) atoms. The van der Waals surface area contributed by atoms with E-state index in [9.17, 15) is 9.59 Å². The molecule has 0 bridgehead atoms. The number of hydrogen-bond acceptors (Lipinski definition) is 3. The van der Waals surface area contributed by atoms with Gasteiger partial charge in [-0.05, 0) is 19.4 Å². The normalized spacial score (nSPS) is 22.1. The maximum atomic E-state index is 12.4. The average molecular weight is 261 g/mol. The van der Waals surface area contributed by atoms with Crippen LogP contribution in [0.25, 0.3) is 0 Å². The Labute approximate surface area is 113 Å². The molecule has 1 amide bonds. The molecular formula is C15H19NO3. The standard InChI is InChI=1S/C15H19NO3/c1-3-16(4-2)15(18)12-10-13(17)19-14(12)11-8-6-5-7-9-11/h5-9,12,14H,3-4,10H2,1-2H3/t12-,14-/m0/s1. The molecule has 2 rings (SSSR count). The number of esters is 1. The van der Waals surface area contributed by atoms with Gasteiger partial charge in [-0.1, -0.05) is 30.3 Å². The molecule has 1 aliphatic heterocycles. The van der Waals surface area contributed by atoms with Gasteiger partial charge in [0.1, 0.15) is 6.10 Å². The lowest BCUT2D eigenvalue weighted by Crippen LogP contribution is -2.37. The third-order valence-electron chi connectivity index (χ3n) is 3.53. The molecule has 0 radical (unpaired) electrons. The molecule has 0 N–H and O–H groups in total. The summed E-state index contributed by atoms with van der Waals surface area (Å²) >= 11 is 0. The molecule has 0 aromatic heterocycles. The summed E-state index contributed by atoms with van der Waals surface area (Å²) in [7, 11) is 0. The number of cyclic esters (lactones) is 1. The van der Waals surface area contributed by atoms with Crippen LogP contribution >= 0.6 is 0 Å². The van der Waals surface area contributed by atoms with Crippen LogP contribution in [0.15, 0.2) is 30.3 Å². The highest BCUT2D eigenvalue weighted by molar-refractivity contribution is 5.87. The minimum atomic E-state index is -0.443. The van der Waals surface area contributed by atoms with Gasteiger partial charge >= 0.3 is 5.97 Å². The van der Waals surface area contributed by atoms with Gasteiger partial charge < -0.3 is 9.64 Å². The van der Waals surface area contributed by atoms with Gasteiger partial charge in [0.05, 0.1) is 12.3 Å². The summed E-state index contributed by atoms with van der Waals surface area (Å²) in [6.07, 6.45) is -0.267. The van der Waals surface area contributed by atoms with Crippen molar-refractivity contribution in [3.8, 4) is 0 Å². The second-order valence-electron chi connectivity index (χ2n) is 4.64. The molecule has 1 fully saturated rings. The van der Waals surface area contributed by atoms with E-state index in [2.05, 4.69) is 0 Å². The van der Waals surface area contributed by atoms with Gasteiger partial charge in [-0.15, -0.1) is 0 Å². The number of amides is 1. The molecule has 0 saturated carbocycles. The Kier molecular flexibility index (Phi) is 4.20. The molecule has 2 atom stereocenters. The molecule has 1 aliphatic rings. The summed E-state index contributed by atoms with van der Waals surface area (Å²) in [6, 6.07) is 9.47. The van der Waals surface area contributed by atoms with Crippen LogP contribution in [-0.4, -0.2) is 29.9 Å². The smallest absolute Gasteiger partial charge is 0.307 e. The monoisotopic (exact) mass is 261 g/mol. The maximum Gasteiger partial charge on any atom is 0.307 e. The molecule has 4 nitrogen and oxygen atoms in total. The minimum Gasteiger partial charge on any atom is -0.457 e. The lowest BCUT2D eigenvalue weighted by atomic mass is 9.94. The first-order valence-electron chi connectivity index (χ1n) is 6.70. The van der Waals surface area contributed by atoms with Crippen molar-refractivity contribution in [1.82, 2.24) is 4.90 Å². The van der Waals surface area contributed by atoms with Crippen molar-refractivity contribution in [2.24, 2.45) is 5.92 Å². The zero-order chi connectivity index (χ0) is 13.8.